The molecule has 0 aliphatic heterocycles. The maximum absolute atomic E-state index is 8.59. The summed E-state index contributed by atoms with van der Waals surface area (Å²) in [5.74, 6) is 0. The molecule has 0 spiro atoms. The summed E-state index contributed by atoms with van der Waals surface area (Å²) < 4.78 is 8.59. The maximum atomic E-state index is 8.59. The summed E-state index contributed by atoms with van der Waals surface area (Å²) in [5.41, 5.74) is 0. The monoisotopic (exact) mass is 230 g/mol. The van der Waals surface area contributed by atoms with E-state index in [4.69, 9.17) is 29.7 Å². The average molecular weight is 230 g/mol. The third-order valence-corrected chi connectivity index (χ3v) is 1.40. The van der Waals surface area contributed by atoms with Gasteiger partial charge in [0.2, 0.25) is 0 Å². The van der Waals surface area contributed by atoms with Gasteiger partial charge in [0.05, 0.1) is 19.8 Å². The van der Waals surface area contributed by atoms with E-state index in [9.17, 15) is 0 Å². The minimum absolute atomic E-state index is 0.106. The molecular formula is C6H17NO6P+. The van der Waals surface area contributed by atoms with Crippen LogP contribution in [-0.4, -0.2) is 59.7 Å². The molecule has 0 amide bonds. The third kappa shape index (κ3) is 17.8. The highest BCUT2D eigenvalue weighted by Crippen LogP contribution is 1.89. The lowest BCUT2D eigenvalue weighted by atomic mass is 10.4. The standard InChI is InChI=1S/C6H15NO3.HO3P/c8-4-1-7(2-5-9)3-6-10;1-4(2)3/h8-10H,1-6H2;(H,1,2,3)/p+1. The lowest BCUT2D eigenvalue weighted by Gasteiger charge is -2.15. The van der Waals surface area contributed by atoms with Gasteiger partial charge in [0.1, 0.15) is 19.6 Å². The quantitative estimate of drug-likeness (QED) is 0.295. The summed E-state index contributed by atoms with van der Waals surface area (Å²) in [4.78, 5) is 16.6. The highest BCUT2D eigenvalue weighted by molar-refractivity contribution is 7.29. The molecule has 0 bridgehead atoms. The van der Waals surface area contributed by atoms with Crippen molar-refractivity contribution >= 4 is 8.25 Å². The number of aliphatic hydroxyl groups excluding tert-OH is 3. The summed E-state index contributed by atoms with van der Waals surface area (Å²) in [5, 5.41) is 25.5. The normalized spacial score (nSPS) is 10.9. The maximum Gasteiger partial charge on any atom is 0.485 e. The average Bonchev–Trinajstić information content (AvgIpc) is 2.04. The molecule has 86 valence electrons. The largest absolute Gasteiger partial charge is 0.567 e. The number of rotatable bonds is 6. The van der Waals surface area contributed by atoms with E-state index in [1.54, 1.807) is 0 Å². The number of hydrogen-bond donors (Lipinski definition) is 5. The van der Waals surface area contributed by atoms with Gasteiger partial charge in [0.15, 0.2) is 0 Å². The van der Waals surface area contributed by atoms with Gasteiger partial charge in [-0.3, -0.25) is 0 Å². The van der Waals surface area contributed by atoms with Crippen LogP contribution in [-0.2, 0) is 4.57 Å². The van der Waals surface area contributed by atoms with Crippen LogP contribution in [0.1, 0.15) is 0 Å². The molecule has 0 aromatic heterocycles. The molecule has 0 aliphatic carbocycles. The van der Waals surface area contributed by atoms with Crippen LogP contribution in [0.3, 0.4) is 0 Å². The molecule has 0 radical (unpaired) electrons. The Morgan fingerprint density at radius 1 is 1.00 bits per heavy atom. The zero-order valence-corrected chi connectivity index (χ0v) is 8.69. The molecule has 0 aromatic rings. The second-order valence-corrected chi connectivity index (χ2v) is 2.88. The van der Waals surface area contributed by atoms with Crippen molar-refractivity contribution in [2.24, 2.45) is 0 Å². The van der Waals surface area contributed by atoms with Crippen molar-refractivity contribution < 1.29 is 34.6 Å². The van der Waals surface area contributed by atoms with Gasteiger partial charge >= 0.3 is 8.25 Å². The van der Waals surface area contributed by atoms with Gasteiger partial charge < -0.3 is 25.1 Å². The molecule has 7 nitrogen and oxygen atoms in total. The Hall–Kier alpha value is -0.140. The minimum atomic E-state index is -3.12. The summed E-state index contributed by atoms with van der Waals surface area (Å²) >= 11 is 0. The zero-order chi connectivity index (χ0) is 11.4. The molecule has 0 rings (SSSR count). The van der Waals surface area contributed by atoms with Crippen molar-refractivity contribution in [3.8, 4) is 0 Å². The molecule has 0 saturated heterocycles. The number of hydrogen-bond acceptors (Lipinski definition) is 5. The minimum Gasteiger partial charge on any atom is -0.567 e. The first-order valence-electron chi connectivity index (χ1n) is 4.07. The van der Waals surface area contributed by atoms with Crippen LogP contribution in [0.15, 0.2) is 0 Å². The van der Waals surface area contributed by atoms with Crippen LogP contribution in [0.4, 0.5) is 0 Å². The first-order valence-corrected chi connectivity index (χ1v) is 5.20. The van der Waals surface area contributed by atoms with Crippen molar-refractivity contribution in [1.29, 1.82) is 0 Å². The number of nitrogens with one attached hydrogen (secondary N) is 1. The molecular weight excluding hydrogens is 213 g/mol. The number of quaternary nitrogens is 1. The molecule has 14 heavy (non-hydrogen) atoms. The fourth-order valence-electron chi connectivity index (χ4n) is 0.849. The predicted molar refractivity (Wildman–Crippen MR) is 46.6 cm³/mol. The molecule has 0 fully saturated rings. The topological polar surface area (TPSA) is 125 Å². The fraction of sp³-hybridized carbons (Fsp3) is 1.00. The molecule has 0 heterocycles. The van der Waals surface area contributed by atoms with Crippen LogP contribution >= 0.6 is 8.25 Å². The Labute approximate surface area is 83.2 Å². The van der Waals surface area contributed by atoms with Gasteiger partial charge in [0.25, 0.3) is 0 Å². The van der Waals surface area contributed by atoms with E-state index in [2.05, 4.69) is 0 Å². The second kappa shape index (κ2) is 12.9. The smallest absolute Gasteiger partial charge is 0.485 e. The van der Waals surface area contributed by atoms with Crippen molar-refractivity contribution in [3.05, 3.63) is 0 Å². The molecule has 1 unspecified atom stereocenters. The van der Waals surface area contributed by atoms with E-state index in [1.807, 2.05) is 0 Å². The molecule has 0 aliphatic rings. The van der Waals surface area contributed by atoms with Gasteiger partial charge in [-0.25, -0.2) is 0 Å². The Morgan fingerprint density at radius 3 is 1.36 bits per heavy atom. The van der Waals surface area contributed by atoms with Gasteiger partial charge in [-0.2, -0.15) is 4.89 Å². The zero-order valence-electron chi connectivity index (χ0n) is 7.80. The lowest BCUT2D eigenvalue weighted by Crippen LogP contribution is -3.13. The number of aliphatic hydroxyl groups is 3. The lowest BCUT2D eigenvalue weighted by molar-refractivity contribution is -0.901. The van der Waals surface area contributed by atoms with E-state index in [0.717, 1.165) is 4.90 Å². The fourth-order valence-corrected chi connectivity index (χ4v) is 0.849. The second-order valence-electron chi connectivity index (χ2n) is 2.41. The Bertz CT molecular complexity index is 117. The third-order valence-electron chi connectivity index (χ3n) is 1.40. The van der Waals surface area contributed by atoms with Gasteiger partial charge in [-0.15, -0.1) is 0 Å². The highest BCUT2D eigenvalue weighted by Gasteiger charge is 2.03. The highest BCUT2D eigenvalue weighted by atomic mass is 31.1. The summed E-state index contributed by atoms with van der Waals surface area (Å²) in [7, 11) is -3.12. The Balaban J connectivity index is 0. The van der Waals surface area contributed by atoms with Crippen LogP contribution in [0, 0.1) is 0 Å². The van der Waals surface area contributed by atoms with Crippen molar-refractivity contribution in [2.45, 2.75) is 0 Å². The summed E-state index contributed by atoms with van der Waals surface area (Å²) in [6, 6.07) is 0. The van der Waals surface area contributed by atoms with Crippen molar-refractivity contribution in [1.82, 2.24) is 0 Å². The Morgan fingerprint density at radius 2 is 1.21 bits per heavy atom. The van der Waals surface area contributed by atoms with Gasteiger partial charge in [-0.1, -0.05) is 0 Å². The van der Waals surface area contributed by atoms with Gasteiger partial charge in [-0.05, 0) is 4.57 Å². The van der Waals surface area contributed by atoms with Crippen LogP contribution in [0.25, 0.3) is 0 Å². The van der Waals surface area contributed by atoms with Crippen LogP contribution in [0.5, 0.6) is 0 Å². The molecule has 5 N–H and O–H groups in total. The first-order chi connectivity index (χ1) is 6.58. The molecule has 8 heteroatoms. The van der Waals surface area contributed by atoms with E-state index in [-0.39, 0.29) is 19.8 Å². The predicted octanol–water partition coefficient (Wildman–Crippen LogP) is -4.16. The van der Waals surface area contributed by atoms with E-state index in [0.29, 0.717) is 19.6 Å². The summed E-state index contributed by atoms with van der Waals surface area (Å²) in [6.07, 6.45) is 0. The van der Waals surface area contributed by atoms with Crippen molar-refractivity contribution in [2.75, 3.05) is 39.5 Å². The van der Waals surface area contributed by atoms with E-state index >= 15 is 0 Å². The first kappa shape index (κ1) is 16.3. The van der Waals surface area contributed by atoms with Crippen LogP contribution in [0.2, 0.25) is 0 Å². The van der Waals surface area contributed by atoms with Gasteiger partial charge in [0, 0.05) is 0 Å². The SMILES string of the molecule is O=[P+]([O-])O.OCC[NH+](CCO)CCO. The van der Waals surface area contributed by atoms with Crippen molar-refractivity contribution in [3.63, 3.8) is 0 Å². The van der Waals surface area contributed by atoms with E-state index in [1.165, 1.54) is 0 Å². The summed E-state index contributed by atoms with van der Waals surface area (Å²) in [6.45, 7) is 2.11. The van der Waals surface area contributed by atoms with Crippen LogP contribution < -0.4 is 9.79 Å². The molecule has 0 aromatic carbocycles. The molecule has 1 atom stereocenters. The Kier molecular flexibility index (Phi) is 15.0. The molecule has 0 saturated carbocycles. The van der Waals surface area contributed by atoms with E-state index < -0.39 is 8.25 Å².